The number of aromatic hydroxyl groups is 2. The number of amides is 1. The zero-order chi connectivity index (χ0) is 18.2. The van der Waals surface area contributed by atoms with Gasteiger partial charge in [0.25, 0.3) is 0 Å². The normalized spacial score (nSPS) is 10.5. The summed E-state index contributed by atoms with van der Waals surface area (Å²) in [6.45, 7) is 0.742. The fourth-order valence-corrected chi connectivity index (χ4v) is 2.17. The van der Waals surface area contributed by atoms with Crippen molar-refractivity contribution in [3.05, 3.63) is 48.0 Å². The molecule has 0 radical (unpaired) electrons. The van der Waals surface area contributed by atoms with Crippen LogP contribution in [0.2, 0.25) is 0 Å². The van der Waals surface area contributed by atoms with Gasteiger partial charge in [0.2, 0.25) is 0 Å². The van der Waals surface area contributed by atoms with E-state index in [9.17, 15) is 15.0 Å². The van der Waals surface area contributed by atoms with Crippen molar-refractivity contribution in [2.45, 2.75) is 11.3 Å². The second-order valence-electron chi connectivity index (χ2n) is 5.19. The number of carbonyl (C=O) groups excluding carboxylic acids is 1. The van der Waals surface area contributed by atoms with E-state index in [0.29, 0.717) is 25.3 Å². The Bertz CT molecular complexity index is 708. The summed E-state index contributed by atoms with van der Waals surface area (Å²) in [5, 5.41) is 24.3. The number of phenolic OH excluding ortho intramolecular Hbond substituents is 2. The maximum atomic E-state index is 11.8. The van der Waals surface area contributed by atoms with Gasteiger partial charge in [-0.15, -0.1) is 23.2 Å². The van der Waals surface area contributed by atoms with E-state index in [0.717, 1.165) is 11.3 Å². The summed E-state index contributed by atoms with van der Waals surface area (Å²) in [5.41, 5.74) is 1.59. The lowest BCUT2D eigenvalue weighted by molar-refractivity contribution is 0.200. The van der Waals surface area contributed by atoms with Crippen molar-refractivity contribution in [1.82, 2.24) is 5.32 Å². The SMILES string of the molecule is O=C(NCCc1ccc(O)c(O)c1)Oc1ccc(NCC(Cl)Cl)cc1. The fourth-order valence-electron chi connectivity index (χ4n) is 2.01. The number of hydrogen-bond acceptors (Lipinski definition) is 5. The Morgan fingerprint density at radius 2 is 1.80 bits per heavy atom. The molecular formula is C17H18Cl2N2O4. The average molecular weight is 385 g/mol. The lowest BCUT2D eigenvalue weighted by Crippen LogP contribution is -2.28. The number of carbonyl (C=O) groups is 1. The molecule has 4 N–H and O–H groups in total. The topological polar surface area (TPSA) is 90.8 Å². The summed E-state index contributed by atoms with van der Waals surface area (Å²) >= 11 is 11.3. The largest absolute Gasteiger partial charge is 0.504 e. The Morgan fingerprint density at radius 1 is 1.08 bits per heavy atom. The molecule has 1 amide bonds. The van der Waals surface area contributed by atoms with Crippen molar-refractivity contribution >= 4 is 35.0 Å². The van der Waals surface area contributed by atoms with Crippen LogP contribution in [0.25, 0.3) is 0 Å². The van der Waals surface area contributed by atoms with Gasteiger partial charge in [-0.1, -0.05) is 6.07 Å². The van der Waals surface area contributed by atoms with E-state index in [4.69, 9.17) is 27.9 Å². The minimum Gasteiger partial charge on any atom is -0.504 e. The van der Waals surface area contributed by atoms with Crippen LogP contribution in [-0.2, 0) is 6.42 Å². The van der Waals surface area contributed by atoms with E-state index in [1.54, 1.807) is 30.3 Å². The summed E-state index contributed by atoms with van der Waals surface area (Å²) in [4.78, 5) is 11.2. The first-order chi connectivity index (χ1) is 11.9. The Kier molecular flexibility index (Phi) is 7.03. The molecule has 0 saturated carbocycles. The molecule has 2 rings (SSSR count). The van der Waals surface area contributed by atoms with Crippen LogP contribution in [0.5, 0.6) is 17.2 Å². The molecule has 0 aromatic heterocycles. The average Bonchev–Trinajstić information content (AvgIpc) is 2.57. The molecule has 0 fully saturated rings. The minimum absolute atomic E-state index is 0.179. The first-order valence-electron chi connectivity index (χ1n) is 7.52. The highest BCUT2D eigenvalue weighted by atomic mass is 35.5. The number of rotatable bonds is 7. The van der Waals surface area contributed by atoms with Crippen LogP contribution in [0.15, 0.2) is 42.5 Å². The van der Waals surface area contributed by atoms with Crippen LogP contribution in [0.3, 0.4) is 0 Å². The summed E-state index contributed by atoms with van der Waals surface area (Å²) in [6, 6.07) is 11.3. The van der Waals surface area contributed by atoms with Gasteiger partial charge in [0.15, 0.2) is 11.5 Å². The molecule has 2 aromatic rings. The predicted octanol–water partition coefficient (Wildman–Crippen LogP) is 3.64. The van der Waals surface area contributed by atoms with Gasteiger partial charge in [-0.25, -0.2) is 4.79 Å². The molecule has 0 aliphatic rings. The zero-order valence-electron chi connectivity index (χ0n) is 13.2. The summed E-state index contributed by atoms with van der Waals surface area (Å²) in [7, 11) is 0. The number of anilines is 1. The van der Waals surface area contributed by atoms with Crippen LogP contribution in [0.1, 0.15) is 5.56 Å². The molecule has 25 heavy (non-hydrogen) atoms. The van der Waals surface area contributed by atoms with Crippen molar-refractivity contribution in [2.75, 3.05) is 18.4 Å². The Hall–Kier alpha value is -2.31. The number of nitrogens with one attached hydrogen (secondary N) is 2. The monoisotopic (exact) mass is 384 g/mol. The molecular weight excluding hydrogens is 367 g/mol. The number of hydrogen-bond donors (Lipinski definition) is 4. The lowest BCUT2D eigenvalue weighted by atomic mass is 10.1. The molecule has 134 valence electrons. The van der Waals surface area contributed by atoms with E-state index in [-0.39, 0.29) is 11.5 Å². The molecule has 0 heterocycles. The fraction of sp³-hybridized carbons (Fsp3) is 0.235. The minimum atomic E-state index is -0.578. The molecule has 6 nitrogen and oxygen atoms in total. The number of halogens is 2. The van der Waals surface area contributed by atoms with Crippen molar-refractivity contribution in [3.63, 3.8) is 0 Å². The molecule has 0 spiro atoms. The third-order valence-electron chi connectivity index (χ3n) is 3.25. The second kappa shape index (κ2) is 9.25. The maximum Gasteiger partial charge on any atom is 0.412 e. The van der Waals surface area contributed by atoms with Crippen LogP contribution < -0.4 is 15.4 Å². The van der Waals surface area contributed by atoms with Gasteiger partial charge in [0, 0.05) is 18.8 Å². The number of ether oxygens (including phenoxy) is 1. The van der Waals surface area contributed by atoms with Gasteiger partial charge >= 0.3 is 6.09 Å². The molecule has 0 atom stereocenters. The summed E-state index contributed by atoms with van der Waals surface area (Å²) in [5.74, 6) is 0.0312. The van der Waals surface area contributed by atoms with Crippen LogP contribution >= 0.6 is 23.2 Å². The van der Waals surface area contributed by atoms with Crippen molar-refractivity contribution in [2.24, 2.45) is 0 Å². The first-order valence-corrected chi connectivity index (χ1v) is 8.40. The summed E-state index contributed by atoms with van der Waals surface area (Å²) in [6.07, 6.45) is -0.0885. The third kappa shape index (κ3) is 6.60. The molecule has 0 unspecified atom stereocenters. The molecule has 0 bridgehead atoms. The Balaban J connectivity index is 1.75. The summed E-state index contributed by atoms with van der Waals surface area (Å²) < 4.78 is 5.16. The van der Waals surface area contributed by atoms with Crippen molar-refractivity contribution in [1.29, 1.82) is 0 Å². The highest BCUT2D eigenvalue weighted by Gasteiger charge is 2.06. The smallest absolute Gasteiger partial charge is 0.412 e. The van der Waals surface area contributed by atoms with Gasteiger partial charge in [-0.2, -0.15) is 0 Å². The van der Waals surface area contributed by atoms with Crippen LogP contribution in [-0.4, -0.2) is 34.2 Å². The van der Waals surface area contributed by atoms with Gasteiger partial charge in [-0.3, -0.25) is 0 Å². The van der Waals surface area contributed by atoms with Gasteiger partial charge in [0.05, 0.1) is 0 Å². The highest BCUT2D eigenvalue weighted by molar-refractivity contribution is 6.44. The Labute approximate surface area is 155 Å². The molecule has 8 heteroatoms. The highest BCUT2D eigenvalue weighted by Crippen LogP contribution is 2.24. The zero-order valence-corrected chi connectivity index (χ0v) is 14.7. The van der Waals surface area contributed by atoms with E-state index in [2.05, 4.69) is 10.6 Å². The molecule has 0 saturated heterocycles. The van der Waals surface area contributed by atoms with E-state index >= 15 is 0 Å². The molecule has 0 aliphatic carbocycles. The molecule has 0 aliphatic heterocycles. The number of benzene rings is 2. The molecule has 2 aromatic carbocycles. The van der Waals surface area contributed by atoms with Gasteiger partial charge < -0.3 is 25.6 Å². The van der Waals surface area contributed by atoms with E-state index in [1.807, 2.05) is 0 Å². The third-order valence-corrected chi connectivity index (χ3v) is 3.56. The van der Waals surface area contributed by atoms with Gasteiger partial charge in [0.1, 0.15) is 10.6 Å². The Morgan fingerprint density at radius 3 is 2.44 bits per heavy atom. The van der Waals surface area contributed by atoms with E-state index < -0.39 is 10.9 Å². The van der Waals surface area contributed by atoms with Crippen LogP contribution in [0, 0.1) is 0 Å². The standard InChI is InChI=1S/C17H18Cl2N2O4/c18-16(19)10-21-12-2-4-13(5-3-12)25-17(24)20-8-7-11-1-6-14(22)15(23)9-11/h1-6,9,16,21-23H,7-8,10H2,(H,20,24). The predicted molar refractivity (Wildman–Crippen MR) is 97.9 cm³/mol. The van der Waals surface area contributed by atoms with Crippen molar-refractivity contribution in [3.8, 4) is 17.2 Å². The maximum absolute atomic E-state index is 11.8. The number of alkyl halides is 2. The quantitative estimate of drug-likeness (QED) is 0.432. The van der Waals surface area contributed by atoms with Gasteiger partial charge in [-0.05, 0) is 48.4 Å². The van der Waals surface area contributed by atoms with Crippen LogP contribution in [0.4, 0.5) is 10.5 Å². The van der Waals surface area contributed by atoms with Crippen molar-refractivity contribution < 1.29 is 19.7 Å². The second-order valence-corrected chi connectivity index (χ2v) is 6.46. The van der Waals surface area contributed by atoms with E-state index in [1.165, 1.54) is 12.1 Å². The lowest BCUT2D eigenvalue weighted by Gasteiger charge is -2.09. The number of phenols is 2. The first kappa shape index (κ1) is 19.0.